The second-order valence-corrected chi connectivity index (χ2v) is 5.44. The summed E-state index contributed by atoms with van der Waals surface area (Å²) in [5.74, 6) is 0.990. The minimum absolute atomic E-state index is 0.240. The fourth-order valence-corrected chi connectivity index (χ4v) is 1.30. The van der Waals surface area contributed by atoms with Crippen LogP contribution in [0.2, 0.25) is 5.02 Å². The lowest BCUT2D eigenvalue weighted by Crippen LogP contribution is -2.12. The number of aromatic nitrogens is 2. The summed E-state index contributed by atoms with van der Waals surface area (Å²) in [6, 6.07) is 0. The molecule has 0 aliphatic rings. The Morgan fingerprint density at radius 2 is 2.12 bits per heavy atom. The predicted octanol–water partition coefficient (Wildman–Crippen LogP) is 3.38. The zero-order valence-corrected chi connectivity index (χ0v) is 11.6. The molecule has 0 aliphatic carbocycles. The Labute approximate surface area is 108 Å². The zero-order chi connectivity index (χ0) is 12.9. The van der Waals surface area contributed by atoms with Gasteiger partial charge in [-0.2, -0.15) is 4.98 Å². The van der Waals surface area contributed by atoms with Gasteiger partial charge < -0.3 is 10.1 Å². The monoisotopic (exact) mass is 257 g/mol. The maximum Gasteiger partial charge on any atom is 0.237 e. The Morgan fingerprint density at radius 1 is 1.41 bits per heavy atom. The first-order chi connectivity index (χ1) is 7.92. The van der Waals surface area contributed by atoms with Gasteiger partial charge in [-0.3, -0.25) is 0 Å². The summed E-state index contributed by atoms with van der Waals surface area (Å²) in [4.78, 5) is 8.26. The average Bonchev–Trinajstić information content (AvgIpc) is 2.21. The number of rotatable bonds is 5. The standard InChI is InChI=1S/C12H20ClN3O/c1-5-14-11-15-8-9(13)10(16-11)17-7-6-12(2,3)4/h8H,5-7H2,1-4H3,(H,14,15,16). The SMILES string of the molecule is CCNc1ncc(Cl)c(OCCC(C)(C)C)n1. The van der Waals surface area contributed by atoms with E-state index in [2.05, 4.69) is 36.1 Å². The molecule has 0 bridgehead atoms. The van der Waals surface area contributed by atoms with Crippen molar-refractivity contribution in [3.63, 3.8) is 0 Å². The van der Waals surface area contributed by atoms with E-state index in [9.17, 15) is 0 Å². The number of nitrogens with one attached hydrogen (secondary N) is 1. The van der Waals surface area contributed by atoms with E-state index in [0.29, 0.717) is 23.5 Å². The number of hydrogen-bond donors (Lipinski definition) is 1. The highest BCUT2D eigenvalue weighted by Gasteiger charge is 2.12. The van der Waals surface area contributed by atoms with Crippen LogP contribution < -0.4 is 10.1 Å². The Hall–Kier alpha value is -1.03. The van der Waals surface area contributed by atoms with Gasteiger partial charge in [0.05, 0.1) is 12.8 Å². The molecule has 17 heavy (non-hydrogen) atoms. The minimum Gasteiger partial charge on any atom is -0.476 e. The number of anilines is 1. The van der Waals surface area contributed by atoms with Gasteiger partial charge in [0.2, 0.25) is 11.8 Å². The van der Waals surface area contributed by atoms with E-state index in [1.807, 2.05) is 6.92 Å². The molecule has 0 unspecified atom stereocenters. The van der Waals surface area contributed by atoms with Crippen LogP contribution in [-0.2, 0) is 0 Å². The predicted molar refractivity (Wildman–Crippen MR) is 70.8 cm³/mol. The van der Waals surface area contributed by atoms with Crippen molar-refractivity contribution in [2.45, 2.75) is 34.1 Å². The van der Waals surface area contributed by atoms with Crippen LogP contribution in [0.25, 0.3) is 0 Å². The highest BCUT2D eigenvalue weighted by Crippen LogP contribution is 2.24. The van der Waals surface area contributed by atoms with Crippen molar-refractivity contribution in [3.8, 4) is 5.88 Å². The van der Waals surface area contributed by atoms with Crippen LogP contribution in [0.4, 0.5) is 5.95 Å². The summed E-state index contributed by atoms with van der Waals surface area (Å²) in [6.45, 7) is 9.86. The van der Waals surface area contributed by atoms with E-state index >= 15 is 0 Å². The fourth-order valence-electron chi connectivity index (χ4n) is 1.15. The Kier molecular flexibility index (Phi) is 5.00. The number of ether oxygens (including phenoxy) is 1. The number of halogens is 1. The lowest BCUT2D eigenvalue weighted by Gasteiger charge is -2.18. The van der Waals surface area contributed by atoms with Gasteiger partial charge in [-0.1, -0.05) is 32.4 Å². The topological polar surface area (TPSA) is 47.0 Å². The molecule has 5 heteroatoms. The van der Waals surface area contributed by atoms with E-state index in [0.717, 1.165) is 13.0 Å². The summed E-state index contributed by atoms with van der Waals surface area (Å²) in [6.07, 6.45) is 2.50. The molecule has 0 saturated heterocycles. The zero-order valence-electron chi connectivity index (χ0n) is 10.9. The normalized spacial score (nSPS) is 11.4. The van der Waals surface area contributed by atoms with Crippen molar-refractivity contribution in [1.82, 2.24) is 9.97 Å². The van der Waals surface area contributed by atoms with Gasteiger partial charge >= 0.3 is 0 Å². The van der Waals surface area contributed by atoms with Gasteiger partial charge in [0.25, 0.3) is 0 Å². The smallest absolute Gasteiger partial charge is 0.237 e. The molecule has 0 spiro atoms. The van der Waals surface area contributed by atoms with E-state index in [1.165, 1.54) is 0 Å². The second-order valence-electron chi connectivity index (χ2n) is 5.04. The third kappa shape index (κ3) is 5.22. The molecule has 0 amide bonds. The van der Waals surface area contributed by atoms with Gasteiger partial charge in [-0.25, -0.2) is 4.98 Å². The summed E-state index contributed by atoms with van der Waals surface area (Å²) in [5.41, 5.74) is 0.240. The first kappa shape index (κ1) is 14.0. The van der Waals surface area contributed by atoms with Gasteiger partial charge in [0.15, 0.2) is 0 Å². The maximum absolute atomic E-state index is 5.97. The maximum atomic E-state index is 5.97. The summed E-state index contributed by atoms with van der Waals surface area (Å²) >= 11 is 5.97. The molecule has 1 heterocycles. The molecular formula is C12H20ClN3O. The first-order valence-corrected chi connectivity index (χ1v) is 6.19. The van der Waals surface area contributed by atoms with Crippen molar-refractivity contribution in [2.24, 2.45) is 5.41 Å². The Bertz CT molecular complexity index is 363. The Balaban J connectivity index is 2.60. The van der Waals surface area contributed by atoms with Crippen LogP contribution in [-0.4, -0.2) is 23.1 Å². The molecule has 1 aromatic heterocycles. The molecule has 4 nitrogen and oxygen atoms in total. The molecular weight excluding hydrogens is 238 g/mol. The van der Waals surface area contributed by atoms with Crippen LogP contribution in [0.5, 0.6) is 5.88 Å². The third-order valence-corrected chi connectivity index (χ3v) is 2.40. The largest absolute Gasteiger partial charge is 0.476 e. The summed E-state index contributed by atoms with van der Waals surface area (Å²) < 4.78 is 5.58. The molecule has 1 aromatic rings. The van der Waals surface area contributed by atoms with Crippen LogP contribution in [0.1, 0.15) is 34.1 Å². The van der Waals surface area contributed by atoms with Crippen molar-refractivity contribution in [2.75, 3.05) is 18.5 Å². The summed E-state index contributed by atoms with van der Waals surface area (Å²) in [5, 5.41) is 3.47. The minimum atomic E-state index is 0.240. The van der Waals surface area contributed by atoms with Gasteiger partial charge in [-0.15, -0.1) is 0 Å². The molecule has 96 valence electrons. The van der Waals surface area contributed by atoms with Crippen molar-refractivity contribution < 1.29 is 4.74 Å². The van der Waals surface area contributed by atoms with Crippen LogP contribution in [0.15, 0.2) is 6.20 Å². The van der Waals surface area contributed by atoms with Crippen LogP contribution >= 0.6 is 11.6 Å². The third-order valence-electron chi connectivity index (χ3n) is 2.14. The van der Waals surface area contributed by atoms with E-state index in [1.54, 1.807) is 6.20 Å². The average molecular weight is 258 g/mol. The molecule has 1 N–H and O–H groups in total. The quantitative estimate of drug-likeness (QED) is 0.879. The fraction of sp³-hybridized carbons (Fsp3) is 0.667. The van der Waals surface area contributed by atoms with Crippen molar-refractivity contribution in [1.29, 1.82) is 0 Å². The van der Waals surface area contributed by atoms with Crippen molar-refractivity contribution in [3.05, 3.63) is 11.2 Å². The first-order valence-electron chi connectivity index (χ1n) is 5.81. The molecule has 0 aromatic carbocycles. The molecule has 0 fully saturated rings. The number of hydrogen-bond acceptors (Lipinski definition) is 4. The highest BCUT2D eigenvalue weighted by atomic mass is 35.5. The van der Waals surface area contributed by atoms with Gasteiger partial charge in [-0.05, 0) is 18.8 Å². The van der Waals surface area contributed by atoms with Gasteiger partial charge in [0.1, 0.15) is 5.02 Å². The molecule has 0 saturated carbocycles. The molecule has 0 atom stereocenters. The number of nitrogens with zero attached hydrogens (tertiary/aromatic N) is 2. The highest BCUT2D eigenvalue weighted by molar-refractivity contribution is 6.31. The van der Waals surface area contributed by atoms with Crippen LogP contribution in [0, 0.1) is 5.41 Å². The molecule has 0 radical (unpaired) electrons. The summed E-state index contributed by atoms with van der Waals surface area (Å²) in [7, 11) is 0. The second kappa shape index (κ2) is 6.05. The lowest BCUT2D eigenvalue weighted by molar-refractivity contribution is 0.236. The lowest BCUT2D eigenvalue weighted by atomic mass is 9.93. The van der Waals surface area contributed by atoms with E-state index in [4.69, 9.17) is 16.3 Å². The molecule has 1 rings (SSSR count). The molecule has 0 aliphatic heterocycles. The van der Waals surface area contributed by atoms with Crippen molar-refractivity contribution >= 4 is 17.5 Å². The Morgan fingerprint density at radius 3 is 2.71 bits per heavy atom. The van der Waals surface area contributed by atoms with Crippen LogP contribution in [0.3, 0.4) is 0 Å². The van der Waals surface area contributed by atoms with E-state index < -0.39 is 0 Å². The van der Waals surface area contributed by atoms with E-state index in [-0.39, 0.29) is 5.41 Å². The van der Waals surface area contributed by atoms with Gasteiger partial charge in [0, 0.05) is 6.54 Å².